The first-order valence-electron chi connectivity index (χ1n) is 9.27. The smallest absolute Gasteiger partial charge is 0.279 e. The predicted octanol–water partition coefficient (Wildman–Crippen LogP) is 2.54. The summed E-state index contributed by atoms with van der Waals surface area (Å²) in [5.74, 6) is 0.833. The van der Waals surface area contributed by atoms with E-state index in [2.05, 4.69) is 34.5 Å². The van der Waals surface area contributed by atoms with Crippen LogP contribution in [0, 0.1) is 13.8 Å². The monoisotopic (exact) mass is 374 g/mol. The van der Waals surface area contributed by atoms with E-state index in [9.17, 15) is 9.90 Å². The normalized spacial score (nSPS) is 12.3. The molecule has 28 heavy (non-hydrogen) atoms. The number of rotatable bonds is 4. The molecular formula is C22H22N4O2. The zero-order chi connectivity index (χ0) is 19.8. The van der Waals surface area contributed by atoms with Crippen LogP contribution >= 0.6 is 0 Å². The van der Waals surface area contributed by atoms with E-state index in [-0.39, 0.29) is 5.56 Å². The van der Waals surface area contributed by atoms with Gasteiger partial charge in [-0.05, 0) is 61.6 Å². The van der Waals surface area contributed by atoms with Gasteiger partial charge in [-0.15, -0.1) is 0 Å². The lowest BCUT2D eigenvalue weighted by Crippen LogP contribution is -2.42. The van der Waals surface area contributed by atoms with Crippen LogP contribution in [0.1, 0.15) is 23.1 Å². The summed E-state index contributed by atoms with van der Waals surface area (Å²) < 4.78 is 0. The van der Waals surface area contributed by atoms with E-state index in [0.717, 1.165) is 40.9 Å². The highest BCUT2D eigenvalue weighted by Gasteiger charge is 2.23. The minimum Gasteiger partial charge on any atom is -0.508 e. The van der Waals surface area contributed by atoms with Gasteiger partial charge in [-0.3, -0.25) is 4.79 Å². The van der Waals surface area contributed by atoms with Crippen molar-refractivity contribution >= 4 is 23.8 Å². The van der Waals surface area contributed by atoms with Gasteiger partial charge in [0.2, 0.25) is 0 Å². The average molecular weight is 374 g/mol. The topological polar surface area (TPSA) is 81.6 Å². The molecular weight excluding hydrogens is 352 g/mol. The largest absolute Gasteiger partial charge is 0.508 e. The van der Waals surface area contributed by atoms with E-state index in [4.69, 9.17) is 0 Å². The van der Waals surface area contributed by atoms with Crippen molar-refractivity contribution in [2.24, 2.45) is 4.99 Å². The Morgan fingerprint density at radius 1 is 1.18 bits per heavy atom. The van der Waals surface area contributed by atoms with Gasteiger partial charge in [0.15, 0.2) is 11.2 Å². The average Bonchev–Trinajstić information content (AvgIpc) is 2.65. The Bertz CT molecular complexity index is 1230. The van der Waals surface area contributed by atoms with E-state index in [0.29, 0.717) is 28.9 Å². The van der Waals surface area contributed by atoms with Crippen LogP contribution in [0.3, 0.4) is 0 Å². The Hall–Kier alpha value is -3.41. The Kier molecular flexibility index (Phi) is 4.47. The van der Waals surface area contributed by atoms with Crippen LogP contribution in [-0.2, 0) is 6.42 Å². The molecule has 0 bridgehead atoms. The van der Waals surface area contributed by atoms with Crippen LogP contribution in [0.4, 0.5) is 17.2 Å². The zero-order valence-electron chi connectivity index (χ0n) is 16.0. The van der Waals surface area contributed by atoms with Gasteiger partial charge in [0, 0.05) is 6.54 Å². The van der Waals surface area contributed by atoms with Gasteiger partial charge in [-0.25, -0.2) is 9.98 Å². The molecule has 0 radical (unpaired) electrons. The number of H-pyrrole nitrogens is 1. The van der Waals surface area contributed by atoms with Crippen molar-refractivity contribution in [3.63, 3.8) is 0 Å². The molecule has 0 unspecified atom stereocenters. The molecule has 6 heteroatoms. The molecule has 0 atom stereocenters. The molecule has 0 saturated carbocycles. The summed E-state index contributed by atoms with van der Waals surface area (Å²) in [6.07, 6.45) is 1.50. The molecule has 4 rings (SSSR count). The van der Waals surface area contributed by atoms with E-state index in [1.807, 2.05) is 36.1 Å². The molecule has 1 aliphatic rings. The van der Waals surface area contributed by atoms with Gasteiger partial charge >= 0.3 is 0 Å². The molecule has 3 aromatic rings. The van der Waals surface area contributed by atoms with Crippen LogP contribution in [0.25, 0.3) is 6.58 Å². The van der Waals surface area contributed by atoms with Crippen molar-refractivity contribution in [3.8, 4) is 5.75 Å². The molecule has 0 spiro atoms. The van der Waals surface area contributed by atoms with Crippen molar-refractivity contribution in [1.29, 1.82) is 0 Å². The molecule has 2 heterocycles. The van der Waals surface area contributed by atoms with Crippen LogP contribution < -0.4 is 21.3 Å². The minimum atomic E-state index is -0.287. The van der Waals surface area contributed by atoms with Gasteiger partial charge in [0.1, 0.15) is 11.2 Å². The quantitative estimate of drug-likeness (QED) is 0.735. The fraction of sp³-hybridized carbons (Fsp3) is 0.227. The third kappa shape index (κ3) is 3.17. The van der Waals surface area contributed by atoms with Gasteiger partial charge in [0.05, 0.1) is 11.4 Å². The number of nitrogens with zero attached hydrogens (tertiary/aromatic N) is 3. The lowest BCUT2D eigenvalue weighted by atomic mass is 10.0. The minimum absolute atomic E-state index is 0.287. The maximum atomic E-state index is 12.4. The number of hydrogen-bond donors (Lipinski definition) is 2. The van der Waals surface area contributed by atoms with Crippen LogP contribution in [0.15, 0.2) is 46.2 Å². The molecule has 1 aromatic heterocycles. The number of nitrogens with one attached hydrogen (secondary N) is 1. The Morgan fingerprint density at radius 3 is 2.71 bits per heavy atom. The van der Waals surface area contributed by atoms with E-state index >= 15 is 0 Å². The molecule has 6 nitrogen and oxygen atoms in total. The Morgan fingerprint density at radius 2 is 1.93 bits per heavy atom. The van der Waals surface area contributed by atoms with Crippen molar-refractivity contribution in [3.05, 3.63) is 74.3 Å². The van der Waals surface area contributed by atoms with Gasteiger partial charge < -0.3 is 15.0 Å². The standard InChI is InChI=1S/C22H22N4O2/c1-13-11-17-18(12-14(13)2)26(10-6-8-16-7-4-5-9-19(16)27)21-20(25-17)22(28)24-15(3)23-21/h4-5,7,9,11-12,27H,3,6,8,10H2,1-2H3,(H,24,28). The highest BCUT2D eigenvalue weighted by Crippen LogP contribution is 2.36. The number of benzene rings is 2. The SMILES string of the molecule is C=c1nc2c(c(=O)[nH]1)=Nc1cc(C)c(C)cc1N2CCCc1ccccc1O. The number of aryl methyl sites for hydroxylation is 3. The molecule has 0 saturated heterocycles. The summed E-state index contributed by atoms with van der Waals surface area (Å²) >= 11 is 0. The number of para-hydroxylation sites is 1. The van der Waals surface area contributed by atoms with Gasteiger partial charge in [-0.2, -0.15) is 0 Å². The number of phenolic OH excluding ortho intramolecular Hbond substituents is 1. The molecule has 142 valence electrons. The van der Waals surface area contributed by atoms with E-state index < -0.39 is 0 Å². The summed E-state index contributed by atoms with van der Waals surface area (Å²) in [6.45, 7) is 8.52. The first-order chi connectivity index (χ1) is 13.4. The van der Waals surface area contributed by atoms with E-state index in [1.54, 1.807) is 6.07 Å². The maximum absolute atomic E-state index is 12.4. The molecule has 0 fully saturated rings. The summed E-state index contributed by atoms with van der Waals surface area (Å²) in [7, 11) is 0. The number of aromatic nitrogens is 2. The summed E-state index contributed by atoms with van der Waals surface area (Å²) in [4.78, 5) is 26.1. The van der Waals surface area contributed by atoms with Crippen LogP contribution in [-0.4, -0.2) is 21.6 Å². The van der Waals surface area contributed by atoms with Crippen LogP contribution in [0.2, 0.25) is 0 Å². The molecule has 0 amide bonds. The van der Waals surface area contributed by atoms with Gasteiger partial charge in [0.25, 0.3) is 5.56 Å². The number of phenols is 1. The van der Waals surface area contributed by atoms with Crippen LogP contribution in [0.5, 0.6) is 5.75 Å². The second-order valence-electron chi connectivity index (χ2n) is 7.11. The fourth-order valence-electron chi connectivity index (χ4n) is 3.49. The maximum Gasteiger partial charge on any atom is 0.279 e. The third-order valence-electron chi connectivity index (χ3n) is 5.11. The Balaban J connectivity index is 1.75. The zero-order valence-corrected chi connectivity index (χ0v) is 16.0. The number of aromatic hydroxyl groups is 1. The highest BCUT2D eigenvalue weighted by molar-refractivity contribution is 5.77. The van der Waals surface area contributed by atoms with Crippen molar-refractivity contribution < 1.29 is 5.11 Å². The number of hydrogen-bond acceptors (Lipinski definition) is 5. The number of fused-ring (bicyclic) bond motifs is 2. The summed E-state index contributed by atoms with van der Waals surface area (Å²) in [5, 5.41) is 10.3. The van der Waals surface area contributed by atoms with Gasteiger partial charge in [-0.1, -0.05) is 24.8 Å². The second-order valence-corrected chi connectivity index (χ2v) is 7.11. The summed E-state index contributed by atoms with van der Waals surface area (Å²) in [5.41, 5.74) is 4.91. The van der Waals surface area contributed by atoms with Crippen molar-refractivity contribution in [1.82, 2.24) is 9.97 Å². The van der Waals surface area contributed by atoms with Crippen molar-refractivity contribution in [2.45, 2.75) is 26.7 Å². The lowest BCUT2D eigenvalue weighted by molar-refractivity contribution is 0.467. The van der Waals surface area contributed by atoms with Crippen molar-refractivity contribution in [2.75, 3.05) is 11.4 Å². The fourth-order valence-corrected chi connectivity index (χ4v) is 3.49. The highest BCUT2D eigenvalue weighted by atomic mass is 16.3. The number of anilines is 2. The first-order valence-corrected chi connectivity index (χ1v) is 9.27. The second kappa shape index (κ2) is 6.96. The molecule has 2 N–H and O–H groups in total. The van der Waals surface area contributed by atoms with E-state index in [1.165, 1.54) is 0 Å². The predicted molar refractivity (Wildman–Crippen MR) is 110 cm³/mol. The Labute approximate surface area is 162 Å². The molecule has 0 aliphatic carbocycles. The summed E-state index contributed by atoms with van der Waals surface area (Å²) in [6, 6.07) is 11.4. The first kappa shape index (κ1) is 18.0. The molecule has 1 aliphatic heterocycles. The molecule has 2 aromatic carbocycles. The third-order valence-corrected chi connectivity index (χ3v) is 5.11. The number of aromatic amines is 1. The lowest BCUT2D eigenvalue weighted by Gasteiger charge is -2.28.